The third-order valence-corrected chi connectivity index (χ3v) is 16.2. The standard InChI is InChI=1S/C19H14Br2INOSeSi/c1-9-4-6-12-18(14(9)17-16(22)15(20)19(21)25-17)26(2,3)13-8-10(24)5-7-11(13)23-12/h4-8,24H,1H2,2-3H3. The van der Waals surface area contributed by atoms with Gasteiger partial charge in [-0.25, -0.2) is 0 Å². The molecule has 1 aromatic heterocycles. The van der Waals surface area contributed by atoms with Crippen LogP contribution in [0.15, 0.2) is 43.1 Å². The molecule has 1 aliphatic rings. The number of hydrogen-bond acceptors (Lipinski definition) is 2. The molecule has 0 atom stereocenters. The van der Waals surface area contributed by atoms with Gasteiger partial charge in [-0.3, -0.25) is 0 Å². The second-order valence-electron chi connectivity index (χ2n) is 6.76. The van der Waals surface area contributed by atoms with Gasteiger partial charge in [-0.1, -0.05) is 0 Å². The minimum atomic E-state index is -2.05. The summed E-state index contributed by atoms with van der Waals surface area (Å²) in [7, 11) is -2.05. The predicted molar refractivity (Wildman–Crippen MR) is 128 cm³/mol. The molecule has 0 fully saturated rings. The Balaban J connectivity index is 2.15. The second-order valence-corrected chi connectivity index (χ2v) is 17.0. The van der Waals surface area contributed by atoms with Gasteiger partial charge in [0.25, 0.3) is 0 Å². The van der Waals surface area contributed by atoms with Gasteiger partial charge in [0.1, 0.15) is 0 Å². The summed E-state index contributed by atoms with van der Waals surface area (Å²) in [6.45, 7) is 9.04. The van der Waals surface area contributed by atoms with Crippen molar-refractivity contribution in [3.05, 3.63) is 52.3 Å². The minimum absolute atomic E-state index is 0.209. The maximum absolute atomic E-state index is 10.1. The van der Waals surface area contributed by atoms with Crippen LogP contribution in [0.1, 0.15) is 0 Å². The van der Waals surface area contributed by atoms with Gasteiger partial charge in [-0.15, -0.1) is 0 Å². The predicted octanol–water partition coefficient (Wildman–Crippen LogP) is 3.74. The first-order valence-electron chi connectivity index (χ1n) is 7.90. The van der Waals surface area contributed by atoms with Crippen molar-refractivity contribution in [2.24, 2.45) is 4.99 Å². The molecule has 132 valence electrons. The Labute approximate surface area is 189 Å². The first kappa shape index (κ1) is 19.1. The number of fused-ring (bicyclic) bond motifs is 2. The molecule has 0 saturated heterocycles. The van der Waals surface area contributed by atoms with Crippen molar-refractivity contribution in [3.8, 4) is 15.8 Å². The van der Waals surface area contributed by atoms with E-state index in [4.69, 9.17) is 4.99 Å². The summed E-state index contributed by atoms with van der Waals surface area (Å²) in [6.07, 6.45) is 0. The molecule has 0 radical (unpaired) electrons. The first-order chi connectivity index (χ1) is 12.2. The fourth-order valence-corrected chi connectivity index (χ4v) is 12.7. The van der Waals surface area contributed by atoms with Gasteiger partial charge in [-0.05, 0) is 0 Å². The zero-order valence-electron chi connectivity index (χ0n) is 14.0. The number of aromatic hydroxyl groups is 1. The fourth-order valence-electron chi connectivity index (χ4n) is 3.53. The Morgan fingerprint density at radius 1 is 1.19 bits per heavy atom. The monoisotopic (exact) mass is 665 g/mol. The maximum atomic E-state index is 10.1. The average molecular weight is 666 g/mol. The zero-order chi connectivity index (χ0) is 18.8. The number of halogens is 3. The molecule has 2 heterocycles. The van der Waals surface area contributed by atoms with E-state index in [9.17, 15) is 5.11 Å². The Kier molecular flexibility index (Phi) is 4.94. The molecule has 0 saturated carbocycles. The Morgan fingerprint density at radius 3 is 2.58 bits per heavy atom. The van der Waals surface area contributed by atoms with Crippen molar-refractivity contribution < 1.29 is 5.11 Å². The molecule has 0 bridgehead atoms. The molecule has 0 aliphatic carbocycles. The van der Waals surface area contributed by atoms with E-state index in [1.807, 2.05) is 12.1 Å². The van der Waals surface area contributed by atoms with Crippen molar-refractivity contribution in [3.63, 3.8) is 0 Å². The van der Waals surface area contributed by atoms with E-state index in [0.29, 0.717) is 5.75 Å². The topological polar surface area (TPSA) is 32.6 Å². The number of benzene rings is 2. The molecule has 3 aromatic rings. The van der Waals surface area contributed by atoms with E-state index in [2.05, 4.69) is 86.3 Å². The number of hydrogen-bond donors (Lipinski definition) is 1. The van der Waals surface area contributed by atoms with Crippen LogP contribution in [0.5, 0.6) is 5.75 Å². The number of rotatable bonds is 1. The number of phenolic OH excluding ortho intramolecular Hbond substituents is 1. The van der Waals surface area contributed by atoms with E-state index in [1.54, 1.807) is 6.07 Å². The van der Waals surface area contributed by atoms with Crippen molar-refractivity contribution in [1.82, 2.24) is 0 Å². The van der Waals surface area contributed by atoms with Gasteiger partial charge < -0.3 is 0 Å². The van der Waals surface area contributed by atoms with Crippen LogP contribution >= 0.6 is 54.5 Å². The zero-order valence-corrected chi connectivity index (χ0v) is 22.1. The van der Waals surface area contributed by atoms with Crippen LogP contribution in [-0.4, -0.2) is 27.7 Å². The van der Waals surface area contributed by atoms with E-state index < -0.39 is 8.07 Å². The van der Waals surface area contributed by atoms with E-state index >= 15 is 0 Å². The van der Waals surface area contributed by atoms with E-state index in [-0.39, 0.29) is 14.5 Å². The van der Waals surface area contributed by atoms with Gasteiger partial charge >= 0.3 is 191 Å². The molecular formula is C19H14Br2INOSeSi. The van der Waals surface area contributed by atoms with Gasteiger partial charge in [0.05, 0.1) is 0 Å². The van der Waals surface area contributed by atoms with Crippen LogP contribution in [0, 0.1) is 3.57 Å². The van der Waals surface area contributed by atoms with Crippen LogP contribution in [0.2, 0.25) is 13.1 Å². The number of nitrogens with zero attached hydrogens (tertiary/aromatic N) is 1. The molecule has 7 heteroatoms. The van der Waals surface area contributed by atoms with Gasteiger partial charge in [-0.2, -0.15) is 0 Å². The summed E-state index contributed by atoms with van der Waals surface area (Å²) in [5.41, 5.74) is 2.24. The quantitative estimate of drug-likeness (QED) is 0.312. The third kappa shape index (κ3) is 2.86. The van der Waals surface area contributed by atoms with Crippen molar-refractivity contribution in [2.75, 3.05) is 0 Å². The van der Waals surface area contributed by atoms with Gasteiger partial charge in [0.2, 0.25) is 0 Å². The molecule has 2 aromatic carbocycles. The molecule has 0 amide bonds. The molecule has 4 rings (SSSR count). The van der Waals surface area contributed by atoms with Gasteiger partial charge in [0, 0.05) is 0 Å². The van der Waals surface area contributed by atoms with Crippen molar-refractivity contribution >= 4 is 99.7 Å². The summed E-state index contributed by atoms with van der Waals surface area (Å²) in [5.74, 6) is 0.307. The average Bonchev–Trinajstić information content (AvgIpc) is 2.84. The SMILES string of the molecule is C=c1ccc2c(c1-c1[se]c(Br)c(Br)c1I)[Si](C)(C)c1cc(O)ccc1N=2. The summed E-state index contributed by atoms with van der Waals surface area (Å²) in [4.78, 5) is 4.92. The molecule has 26 heavy (non-hydrogen) atoms. The van der Waals surface area contributed by atoms with E-state index in [1.165, 1.54) is 27.3 Å². The van der Waals surface area contributed by atoms with Crippen LogP contribution < -0.4 is 20.9 Å². The normalized spacial score (nSPS) is 14.5. The van der Waals surface area contributed by atoms with Crippen LogP contribution in [0.3, 0.4) is 0 Å². The Bertz CT molecular complexity index is 1190. The fraction of sp³-hybridized carbons (Fsp3) is 0.105. The van der Waals surface area contributed by atoms with Crippen molar-refractivity contribution in [2.45, 2.75) is 13.1 Å². The Morgan fingerprint density at radius 2 is 1.92 bits per heavy atom. The Hall–Kier alpha value is -0.184. The molecule has 0 spiro atoms. The summed E-state index contributed by atoms with van der Waals surface area (Å²) >= 11 is 10.1. The van der Waals surface area contributed by atoms with Crippen LogP contribution in [0.4, 0.5) is 5.69 Å². The summed E-state index contributed by atoms with van der Waals surface area (Å²) in [5, 5.41) is 14.7. The van der Waals surface area contributed by atoms with Crippen molar-refractivity contribution in [1.29, 1.82) is 0 Å². The van der Waals surface area contributed by atoms with Crippen LogP contribution in [0.25, 0.3) is 16.6 Å². The molecular weight excluding hydrogens is 652 g/mol. The van der Waals surface area contributed by atoms with E-state index in [0.717, 1.165) is 20.7 Å². The van der Waals surface area contributed by atoms with Crippen LogP contribution in [-0.2, 0) is 0 Å². The third-order valence-electron chi connectivity index (χ3n) is 4.77. The molecule has 2 nitrogen and oxygen atoms in total. The summed E-state index contributed by atoms with van der Waals surface area (Å²) in [6, 6.07) is 9.73. The number of phenols is 1. The molecule has 0 unspecified atom stereocenters. The molecule has 1 N–H and O–H groups in total. The first-order valence-corrected chi connectivity index (χ1v) is 15.3. The molecule has 1 aliphatic heterocycles. The van der Waals surface area contributed by atoms with Gasteiger partial charge in [0.15, 0.2) is 0 Å². The second kappa shape index (κ2) is 6.71. The summed E-state index contributed by atoms with van der Waals surface area (Å²) < 4.78 is 4.99.